The molecule has 2 atom stereocenters. The first-order valence-corrected chi connectivity index (χ1v) is 11.3. The van der Waals surface area contributed by atoms with Crippen LogP contribution in [0.2, 0.25) is 0 Å². The third-order valence-electron chi connectivity index (χ3n) is 5.27. The van der Waals surface area contributed by atoms with Gasteiger partial charge in [-0.1, -0.05) is 18.2 Å². The van der Waals surface area contributed by atoms with Crippen molar-refractivity contribution in [2.75, 3.05) is 18.1 Å². The van der Waals surface area contributed by atoms with E-state index in [2.05, 4.69) is 15.3 Å². The van der Waals surface area contributed by atoms with E-state index in [1.54, 1.807) is 30.6 Å². The summed E-state index contributed by atoms with van der Waals surface area (Å²) in [5, 5.41) is 4.79. The van der Waals surface area contributed by atoms with Crippen LogP contribution >= 0.6 is 11.3 Å². The standard InChI is InChI=1S/C23H23FN4O3S/c24-17-9-7-16(8-10-17)21(19-6-3-14-32-19)27-20(29)15-31-22(30)18-5-1-2-13-28(18)23-25-11-4-12-26-23/h3-4,6-12,14,18,21H,1-2,5,13,15H2,(H,27,29). The predicted molar refractivity (Wildman–Crippen MR) is 119 cm³/mol. The Balaban J connectivity index is 1.39. The monoisotopic (exact) mass is 454 g/mol. The van der Waals surface area contributed by atoms with Gasteiger partial charge in [0.05, 0.1) is 6.04 Å². The van der Waals surface area contributed by atoms with Gasteiger partial charge < -0.3 is 15.0 Å². The number of ether oxygens (including phenoxy) is 1. The first-order valence-electron chi connectivity index (χ1n) is 10.4. The number of halogens is 1. The Morgan fingerprint density at radius 1 is 1.16 bits per heavy atom. The summed E-state index contributed by atoms with van der Waals surface area (Å²) in [4.78, 5) is 36.6. The molecule has 1 saturated heterocycles. The second-order valence-corrected chi connectivity index (χ2v) is 8.41. The summed E-state index contributed by atoms with van der Waals surface area (Å²) in [6.45, 7) is 0.253. The van der Waals surface area contributed by atoms with E-state index < -0.39 is 30.6 Å². The van der Waals surface area contributed by atoms with Gasteiger partial charge in [0, 0.05) is 23.8 Å². The van der Waals surface area contributed by atoms with Crippen LogP contribution in [0.3, 0.4) is 0 Å². The molecule has 1 aromatic carbocycles. The number of hydrogen-bond acceptors (Lipinski definition) is 7. The third-order valence-corrected chi connectivity index (χ3v) is 6.20. The lowest BCUT2D eigenvalue weighted by molar-refractivity contribution is -0.150. The summed E-state index contributed by atoms with van der Waals surface area (Å²) < 4.78 is 18.7. The highest BCUT2D eigenvalue weighted by Crippen LogP contribution is 2.26. The zero-order valence-electron chi connectivity index (χ0n) is 17.3. The summed E-state index contributed by atoms with van der Waals surface area (Å²) in [6, 6.07) is 10.5. The van der Waals surface area contributed by atoms with Crippen molar-refractivity contribution >= 4 is 29.2 Å². The molecule has 7 nitrogen and oxygen atoms in total. The molecule has 3 heterocycles. The first kappa shape index (κ1) is 21.9. The zero-order valence-corrected chi connectivity index (χ0v) is 18.1. The van der Waals surface area contributed by atoms with Gasteiger partial charge in [0.2, 0.25) is 5.95 Å². The van der Waals surface area contributed by atoms with Gasteiger partial charge in [0.15, 0.2) is 6.61 Å². The van der Waals surface area contributed by atoms with Crippen LogP contribution in [-0.2, 0) is 14.3 Å². The SMILES string of the molecule is O=C(COC(=O)C1CCCCN1c1ncccn1)NC(c1ccc(F)cc1)c1cccs1. The van der Waals surface area contributed by atoms with E-state index >= 15 is 0 Å². The number of carbonyl (C=O) groups excluding carboxylic acids is 2. The molecule has 0 radical (unpaired) electrons. The van der Waals surface area contributed by atoms with Crippen molar-refractivity contribution in [3.8, 4) is 0 Å². The maximum absolute atomic E-state index is 13.3. The average Bonchev–Trinajstić information content (AvgIpc) is 3.37. The number of amides is 1. The Hall–Kier alpha value is -3.33. The molecule has 4 rings (SSSR count). The van der Waals surface area contributed by atoms with Gasteiger partial charge in [-0.15, -0.1) is 11.3 Å². The number of nitrogens with zero attached hydrogens (tertiary/aromatic N) is 3. The van der Waals surface area contributed by atoms with Crippen molar-refractivity contribution in [3.05, 3.63) is 76.5 Å². The van der Waals surface area contributed by atoms with Crippen molar-refractivity contribution in [2.45, 2.75) is 31.3 Å². The van der Waals surface area contributed by atoms with Crippen LogP contribution in [0.1, 0.15) is 35.7 Å². The van der Waals surface area contributed by atoms with Gasteiger partial charge >= 0.3 is 5.97 Å². The topological polar surface area (TPSA) is 84.4 Å². The second kappa shape index (κ2) is 10.3. The lowest BCUT2D eigenvalue weighted by Crippen LogP contribution is -2.47. The molecule has 166 valence electrons. The van der Waals surface area contributed by atoms with E-state index in [0.29, 0.717) is 18.9 Å². The van der Waals surface area contributed by atoms with E-state index in [0.717, 1.165) is 23.3 Å². The zero-order chi connectivity index (χ0) is 22.3. The largest absolute Gasteiger partial charge is 0.454 e. The van der Waals surface area contributed by atoms with E-state index in [1.807, 2.05) is 22.4 Å². The lowest BCUT2D eigenvalue weighted by Gasteiger charge is -2.33. The number of nitrogens with one attached hydrogen (secondary N) is 1. The Morgan fingerprint density at radius 3 is 2.66 bits per heavy atom. The van der Waals surface area contributed by atoms with Gasteiger partial charge in [0.1, 0.15) is 11.9 Å². The second-order valence-electron chi connectivity index (χ2n) is 7.43. The summed E-state index contributed by atoms with van der Waals surface area (Å²) in [6.07, 6.45) is 5.70. The van der Waals surface area contributed by atoms with Gasteiger partial charge in [-0.25, -0.2) is 19.2 Å². The molecular formula is C23H23FN4O3S. The molecule has 0 spiro atoms. The smallest absolute Gasteiger partial charge is 0.329 e. The van der Waals surface area contributed by atoms with Gasteiger partial charge in [-0.3, -0.25) is 4.79 Å². The van der Waals surface area contributed by atoms with Crippen molar-refractivity contribution in [3.63, 3.8) is 0 Å². The number of benzene rings is 1. The molecule has 1 amide bonds. The highest BCUT2D eigenvalue weighted by atomic mass is 32.1. The molecule has 0 bridgehead atoms. The van der Waals surface area contributed by atoms with Gasteiger partial charge in [-0.05, 0) is 54.5 Å². The lowest BCUT2D eigenvalue weighted by atomic mass is 10.0. The molecule has 2 unspecified atom stereocenters. The summed E-state index contributed by atoms with van der Waals surface area (Å²) in [5.41, 5.74) is 0.744. The molecule has 9 heteroatoms. The van der Waals surface area contributed by atoms with Gasteiger partial charge in [0.25, 0.3) is 5.91 Å². The van der Waals surface area contributed by atoms with Crippen LogP contribution in [0.5, 0.6) is 0 Å². The van der Waals surface area contributed by atoms with Crippen LogP contribution in [0.25, 0.3) is 0 Å². The molecule has 0 aliphatic carbocycles. The van der Waals surface area contributed by atoms with Crippen molar-refractivity contribution in [2.24, 2.45) is 0 Å². The normalized spacial score (nSPS) is 16.9. The third kappa shape index (κ3) is 5.28. The van der Waals surface area contributed by atoms with Crippen molar-refractivity contribution in [1.29, 1.82) is 0 Å². The number of hydrogen-bond donors (Lipinski definition) is 1. The fourth-order valence-electron chi connectivity index (χ4n) is 3.72. The van der Waals surface area contributed by atoms with E-state index in [4.69, 9.17) is 4.74 Å². The van der Waals surface area contributed by atoms with E-state index in [-0.39, 0.29) is 5.82 Å². The molecule has 1 aliphatic heterocycles. The van der Waals surface area contributed by atoms with Crippen LogP contribution in [0.15, 0.2) is 60.2 Å². The van der Waals surface area contributed by atoms with Crippen LogP contribution in [0.4, 0.5) is 10.3 Å². The van der Waals surface area contributed by atoms with Crippen molar-refractivity contribution < 1.29 is 18.7 Å². The first-order chi connectivity index (χ1) is 15.6. The number of anilines is 1. The average molecular weight is 455 g/mol. The van der Waals surface area contributed by atoms with E-state index in [9.17, 15) is 14.0 Å². The van der Waals surface area contributed by atoms with Crippen molar-refractivity contribution in [1.82, 2.24) is 15.3 Å². The summed E-state index contributed by atoms with van der Waals surface area (Å²) in [7, 11) is 0. The Morgan fingerprint density at radius 2 is 1.94 bits per heavy atom. The van der Waals surface area contributed by atoms with E-state index in [1.165, 1.54) is 23.5 Å². The number of piperidine rings is 1. The molecule has 3 aromatic rings. The number of rotatable bonds is 7. The Labute approximate surface area is 189 Å². The number of thiophene rings is 1. The molecule has 0 saturated carbocycles. The molecule has 1 N–H and O–H groups in total. The molecule has 1 fully saturated rings. The molecule has 1 aliphatic rings. The minimum absolute atomic E-state index is 0.349. The number of esters is 1. The van der Waals surface area contributed by atoms with Crippen LogP contribution in [-0.4, -0.2) is 41.0 Å². The predicted octanol–water partition coefficient (Wildman–Crippen LogP) is 3.49. The number of carbonyl (C=O) groups is 2. The maximum Gasteiger partial charge on any atom is 0.329 e. The quantitative estimate of drug-likeness (QED) is 0.550. The highest BCUT2D eigenvalue weighted by Gasteiger charge is 2.32. The molecule has 32 heavy (non-hydrogen) atoms. The fourth-order valence-corrected chi connectivity index (χ4v) is 4.52. The van der Waals surface area contributed by atoms with Crippen LogP contribution < -0.4 is 10.2 Å². The Kier molecular flexibility index (Phi) is 7.06. The number of aromatic nitrogens is 2. The summed E-state index contributed by atoms with van der Waals surface area (Å²) >= 11 is 1.48. The maximum atomic E-state index is 13.3. The molecule has 2 aromatic heterocycles. The fraction of sp³-hybridized carbons (Fsp3) is 0.304. The minimum atomic E-state index is -0.524. The minimum Gasteiger partial charge on any atom is -0.454 e. The molecular weight excluding hydrogens is 431 g/mol. The highest BCUT2D eigenvalue weighted by molar-refractivity contribution is 7.10. The van der Waals surface area contributed by atoms with Gasteiger partial charge in [-0.2, -0.15) is 0 Å². The Bertz CT molecular complexity index is 1030. The summed E-state index contributed by atoms with van der Waals surface area (Å²) in [5.74, 6) is -0.771. The van der Waals surface area contributed by atoms with Crippen LogP contribution in [0, 0.1) is 5.82 Å².